The van der Waals surface area contributed by atoms with Gasteiger partial charge in [0.25, 0.3) is 0 Å². The molecule has 0 aliphatic rings. The van der Waals surface area contributed by atoms with Crippen LogP contribution in [0, 0.1) is 5.82 Å². The molecule has 1 atom stereocenters. The molecule has 5 heteroatoms. The number of nitrogens with one attached hydrogen (secondary N) is 1. The van der Waals surface area contributed by atoms with Gasteiger partial charge in [0.1, 0.15) is 5.82 Å². The van der Waals surface area contributed by atoms with Crippen LogP contribution in [0.5, 0.6) is 5.88 Å². The van der Waals surface area contributed by atoms with Crippen LogP contribution >= 0.6 is 0 Å². The third kappa shape index (κ3) is 3.27. The summed E-state index contributed by atoms with van der Waals surface area (Å²) >= 11 is 0. The van der Waals surface area contributed by atoms with Crippen LogP contribution in [0.15, 0.2) is 42.6 Å². The number of ether oxygens (including phenoxy) is 1. The van der Waals surface area contributed by atoms with Crippen molar-refractivity contribution in [1.82, 2.24) is 10.4 Å². The van der Waals surface area contributed by atoms with Crippen molar-refractivity contribution in [2.75, 3.05) is 7.11 Å². The Morgan fingerprint density at radius 1 is 1.32 bits per heavy atom. The van der Waals surface area contributed by atoms with Crippen molar-refractivity contribution < 1.29 is 9.13 Å². The molecule has 0 fully saturated rings. The molecule has 0 aliphatic heterocycles. The van der Waals surface area contributed by atoms with Gasteiger partial charge in [-0.3, -0.25) is 11.3 Å². The predicted octanol–water partition coefficient (Wildman–Crippen LogP) is 1.98. The lowest BCUT2D eigenvalue weighted by molar-refractivity contribution is 0.382. The fraction of sp³-hybridized carbons (Fsp3) is 0.214. The number of hydrogen-bond donors (Lipinski definition) is 2. The molecule has 19 heavy (non-hydrogen) atoms. The zero-order valence-corrected chi connectivity index (χ0v) is 10.6. The molecule has 1 aromatic carbocycles. The Morgan fingerprint density at radius 2 is 2.05 bits per heavy atom. The number of halogens is 1. The summed E-state index contributed by atoms with van der Waals surface area (Å²) in [6.45, 7) is 0. The maximum atomic E-state index is 12.9. The number of nitrogens with two attached hydrogens (primary N) is 1. The van der Waals surface area contributed by atoms with E-state index < -0.39 is 0 Å². The molecule has 0 bridgehead atoms. The summed E-state index contributed by atoms with van der Waals surface area (Å²) in [4.78, 5) is 4.14. The van der Waals surface area contributed by atoms with Crippen molar-refractivity contribution in [1.29, 1.82) is 0 Å². The van der Waals surface area contributed by atoms with Crippen LogP contribution in [0.3, 0.4) is 0 Å². The lowest BCUT2D eigenvalue weighted by Crippen LogP contribution is -2.30. The molecule has 0 spiro atoms. The molecule has 0 radical (unpaired) electrons. The van der Waals surface area contributed by atoms with Crippen molar-refractivity contribution in [2.45, 2.75) is 12.5 Å². The number of methoxy groups -OCH3 is 1. The van der Waals surface area contributed by atoms with E-state index in [1.165, 1.54) is 12.1 Å². The molecular formula is C14H16FN3O. The Bertz CT molecular complexity index is 530. The lowest BCUT2D eigenvalue weighted by atomic mass is 10.0. The van der Waals surface area contributed by atoms with Crippen molar-refractivity contribution in [3.05, 3.63) is 59.5 Å². The summed E-state index contributed by atoms with van der Waals surface area (Å²) in [5.41, 5.74) is 4.60. The van der Waals surface area contributed by atoms with Gasteiger partial charge in [-0.25, -0.2) is 9.37 Å². The van der Waals surface area contributed by atoms with Gasteiger partial charge in [-0.1, -0.05) is 18.2 Å². The number of hydrazine groups is 1. The van der Waals surface area contributed by atoms with Crippen LogP contribution in [-0.2, 0) is 6.42 Å². The molecule has 2 aromatic rings. The SMILES string of the molecule is COc1ncccc1C(Cc1ccc(F)cc1)NN. The Hall–Kier alpha value is -1.98. The maximum absolute atomic E-state index is 12.9. The molecular weight excluding hydrogens is 245 g/mol. The normalized spacial score (nSPS) is 12.2. The molecule has 1 aromatic heterocycles. The summed E-state index contributed by atoms with van der Waals surface area (Å²) < 4.78 is 18.1. The first-order valence-corrected chi connectivity index (χ1v) is 5.94. The van der Waals surface area contributed by atoms with Crippen LogP contribution < -0.4 is 16.0 Å². The van der Waals surface area contributed by atoms with Crippen LogP contribution in [-0.4, -0.2) is 12.1 Å². The zero-order chi connectivity index (χ0) is 13.7. The van der Waals surface area contributed by atoms with Crippen LogP contribution in [0.2, 0.25) is 0 Å². The van der Waals surface area contributed by atoms with Crippen LogP contribution in [0.4, 0.5) is 4.39 Å². The van der Waals surface area contributed by atoms with Gasteiger partial charge in [0, 0.05) is 11.8 Å². The number of nitrogens with zero attached hydrogens (tertiary/aromatic N) is 1. The minimum absolute atomic E-state index is 0.144. The molecule has 3 N–H and O–H groups in total. The minimum atomic E-state index is -0.250. The Kier molecular flexibility index (Phi) is 4.43. The molecule has 0 aliphatic carbocycles. The maximum Gasteiger partial charge on any atom is 0.217 e. The van der Waals surface area contributed by atoms with Crippen molar-refractivity contribution >= 4 is 0 Å². The van der Waals surface area contributed by atoms with E-state index in [0.29, 0.717) is 12.3 Å². The van der Waals surface area contributed by atoms with Gasteiger partial charge in [-0.2, -0.15) is 0 Å². The molecule has 2 rings (SSSR count). The standard InChI is InChI=1S/C14H16FN3O/c1-19-14-12(3-2-8-17-14)13(18-16)9-10-4-6-11(15)7-5-10/h2-8,13,18H,9,16H2,1H3. The van der Waals surface area contributed by atoms with E-state index in [1.807, 2.05) is 12.1 Å². The molecule has 4 nitrogen and oxygen atoms in total. The number of rotatable bonds is 5. The third-order valence-corrected chi connectivity index (χ3v) is 2.92. The Labute approximate surface area is 111 Å². The fourth-order valence-electron chi connectivity index (χ4n) is 1.95. The van der Waals surface area contributed by atoms with E-state index in [-0.39, 0.29) is 11.9 Å². The monoisotopic (exact) mass is 261 g/mol. The first-order chi connectivity index (χ1) is 9.24. The fourth-order valence-corrected chi connectivity index (χ4v) is 1.95. The van der Waals surface area contributed by atoms with Crippen molar-refractivity contribution in [2.24, 2.45) is 5.84 Å². The van der Waals surface area contributed by atoms with Crippen LogP contribution in [0.1, 0.15) is 17.2 Å². The van der Waals surface area contributed by atoms with Crippen molar-refractivity contribution in [3.63, 3.8) is 0 Å². The van der Waals surface area contributed by atoms with Gasteiger partial charge >= 0.3 is 0 Å². The second kappa shape index (κ2) is 6.26. The Morgan fingerprint density at radius 3 is 2.68 bits per heavy atom. The van der Waals surface area contributed by atoms with E-state index in [1.54, 1.807) is 25.4 Å². The zero-order valence-electron chi connectivity index (χ0n) is 10.6. The lowest BCUT2D eigenvalue weighted by Gasteiger charge is -2.18. The van der Waals surface area contributed by atoms with E-state index >= 15 is 0 Å². The van der Waals surface area contributed by atoms with E-state index in [4.69, 9.17) is 10.6 Å². The Balaban J connectivity index is 2.22. The first kappa shape index (κ1) is 13.5. The summed E-state index contributed by atoms with van der Waals surface area (Å²) in [5, 5.41) is 0. The van der Waals surface area contributed by atoms with Crippen molar-refractivity contribution in [3.8, 4) is 5.88 Å². The van der Waals surface area contributed by atoms with Crippen LogP contribution in [0.25, 0.3) is 0 Å². The first-order valence-electron chi connectivity index (χ1n) is 5.94. The number of pyridine rings is 1. The third-order valence-electron chi connectivity index (χ3n) is 2.92. The van der Waals surface area contributed by atoms with Gasteiger partial charge in [0.05, 0.1) is 13.2 Å². The molecule has 0 saturated carbocycles. The highest BCUT2D eigenvalue weighted by molar-refractivity contribution is 5.31. The van der Waals surface area contributed by atoms with E-state index in [0.717, 1.165) is 11.1 Å². The highest BCUT2D eigenvalue weighted by Crippen LogP contribution is 2.24. The van der Waals surface area contributed by atoms with E-state index in [2.05, 4.69) is 10.4 Å². The number of hydrogen-bond acceptors (Lipinski definition) is 4. The predicted molar refractivity (Wildman–Crippen MR) is 71.0 cm³/mol. The van der Waals surface area contributed by atoms with Gasteiger partial charge in [0.2, 0.25) is 5.88 Å². The second-order valence-corrected chi connectivity index (χ2v) is 4.15. The largest absolute Gasteiger partial charge is 0.481 e. The highest BCUT2D eigenvalue weighted by atomic mass is 19.1. The number of benzene rings is 1. The topological polar surface area (TPSA) is 60.2 Å². The summed E-state index contributed by atoms with van der Waals surface area (Å²) in [7, 11) is 1.57. The van der Waals surface area contributed by atoms with Gasteiger partial charge < -0.3 is 4.74 Å². The summed E-state index contributed by atoms with van der Waals surface area (Å²) in [6, 6.07) is 9.93. The average molecular weight is 261 g/mol. The van der Waals surface area contributed by atoms with Gasteiger partial charge in [-0.05, 0) is 30.2 Å². The van der Waals surface area contributed by atoms with E-state index in [9.17, 15) is 4.39 Å². The quantitative estimate of drug-likeness (QED) is 0.638. The van der Waals surface area contributed by atoms with Gasteiger partial charge in [0.15, 0.2) is 0 Å². The summed E-state index contributed by atoms with van der Waals surface area (Å²) in [6.07, 6.45) is 2.28. The molecule has 1 unspecified atom stereocenters. The summed E-state index contributed by atoms with van der Waals surface area (Å²) in [5.74, 6) is 5.88. The molecule has 100 valence electrons. The molecule has 0 amide bonds. The smallest absolute Gasteiger partial charge is 0.217 e. The minimum Gasteiger partial charge on any atom is -0.481 e. The second-order valence-electron chi connectivity index (χ2n) is 4.15. The average Bonchev–Trinajstić information content (AvgIpc) is 2.46. The highest BCUT2D eigenvalue weighted by Gasteiger charge is 2.16. The molecule has 1 heterocycles. The molecule has 0 saturated heterocycles. The number of aromatic nitrogens is 1. The van der Waals surface area contributed by atoms with Gasteiger partial charge in [-0.15, -0.1) is 0 Å².